The highest BCUT2D eigenvalue weighted by Gasteiger charge is 2.29. The zero-order valence-electron chi connectivity index (χ0n) is 19.4. The fraction of sp³-hybridized carbons (Fsp3) is 0.500. The van der Waals surface area contributed by atoms with Crippen LogP contribution in [0.25, 0.3) is 10.1 Å². The molecule has 5 nitrogen and oxygen atoms in total. The van der Waals surface area contributed by atoms with Crippen molar-refractivity contribution in [2.45, 2.75) is 38.2 Å². The number of carbonyl (C=O) groups is 1. The van der Waals surface area contributed by atoms with Crippen molar-refractivity contribution in [3.05, 3.63) is 58.2 Å². The number of carbonyl (C=O) groups excluding carboxylic acids is 1. The lowest BCUT2D eigenvalue weighted by Gasteiger charge is -2.25. The molecule has 1 atom stereocenters. The lowest BCUT2D eigenvalue weighted by atomic mass is 9.91. The lowest BCUT2D eigenvalue weighted by Crippen LogP contribution is -2.34. The van der Waals surface area contributed by atoms with Crippen molar-refractivity contribution in [1.29, 1.82) is 0 Å². The average molecular weight is 455 g/mol. The van der Waals surface area contributed by atoms with Crippen LogP contribution in [-0.4, -0.2) is 69.3 Å². The Labute approximate surface area is 195 Å². The summed E-state index contributed by atoms with van der Waals surface area (Å²) in [6.07, 6.45) is 6.23. The number of fused-ring (bicyclic) bond motifs is 1. The monoisotopic (exact) mass is 454 g/mol. The molecule has 2 aliphatic rings. The maximum absolute atomic E-state index is 12.9. The Morgan fingerprint density at radius 3 is 2.88 bits per heavy atom. The number of allylic oxidation sites excluding steroid dienone is 1. The van der Waals surface area contributed by atoms with E-state index < -0.39 is 0 Å². The van der Waals surface area contributed by atoms with Gasteiger partial charge in [-0.25, -0.2) is 0 Å². The van der Waals surface area contributed by atoms with Gasteiger partial charge in [0.15, 0.2) is 0 Å². The predicted octanol–water partition coefficient (Wildman–Crippen LogP) is 4.63. The molecule has 1 aromatic carbocycles. The van der Waals surface area contributed by atoms with Crippen molar-refractivity contribution >= 4 is 27.3 Å². The van der Waals surface area contributed by atoms with Crippen LogP contribution in [0.1, 0.15) is 31.2 Å². The van der Waals surface area contributed by atoms with E-state index in [9.17, 15) is 4.79 Å². The van der Waals surface area contributed by atoms with Gasteiger partial charge in [0.2, 0.25) is 5.91 Å². The first-order valence-corrected chi connectivity index (χ1v) is 12.4. The van der Waals surface area contributed by atoms with Crippen molar-refractivity contribution in [2.24, 2.45) is 0 Å². The first-order chi connectivity index (χ1) is 15.6. The highest BCUT2D eigenvalue weighted by atomic mass is 32.1. The van der Waals surface area contributed by atoms with Crippen LogP contribution in [0.5, 0.6) is 0 Å². The fourth-order valence-electron chi connectivity index (χ4n) is 4.74. The molecule has 0 fully saturated rings. The van der Waals surface area contributed by atoms with Gasteiger partial charge < -0.3 is 19.3 Å². The number of hydrogen-bond acceptors (Lipinski definition) is 5. The average Bonchev–Trinajstić information content (AvgIpc) is 3.16. The second-order valence-corrected chi connectivity index (χ2v) is 9.69. The minimum Gasteiger partial charge on any atom is -0.498 e. The van der Waals surface area contributed by atoms with E-state index in [-0.39, 0.29) is 12.0 Å². The zero-order chi connectivity index (χ0) is 22.5. The first-order valence-electron chi connectivity index (χ1n) is 11.5. The maximum atomic E-state index is 12.9. The normalized spacial score (nSPS) is 19.4. The van der Waals surface area contributed by atoms with Gasteiger partial charge in [0.05, 0.1) is 7.11 Å². The van der Waals surface area contributed by atoms with E-state index >= 15 is 0 Å². The van der Waals surface area contributed by atoms with Crippen LogP contribution in [0.3, 0.4) is 0 Å². The van der Waals surface area contributed by atoms with Crippen LogP contribution in [0, 0.1) is 0 Å². The summed E-state index contributed by atoms with van der Waals surface area (Å²) in [4.78, 5) is 17.3. The molecule has 4 rings (SSSR count). The van der Waals surface area contributed by atoms with Crippen molar-refractivity contribution in [3.63, 3.8) is 0 Å². The summed E-state index contributed by atoms with van der Waals surface area (Å²) in [7, 11) is 5.57. The summed E-state index contributed by atoms with van der Waals surface area (Å²) < 4.78 is 12.4. The van der Waals surface area contributed by atoms with E-state index in [1.165, 1.54) is 26.8 Å². The standard InChI is InChI=1S/C26H34N2O3S/c1-27(13-9-20-18-32-25-8-5-4-7-22(20)25)11-6-12-28-14-10-19-15-23(30-2)24(31-3)16-21(19)17-26(28)29/h4-5,7-8,15,18,24H,6,9-14,16-17H2,1-3H3. The first kappa shape index (κ1) is 23.0. The van der Waals surface area contributed by atoms with Crippen LogP contribution in [0.4, 0.5) is 0 Å². The number of methoxy groups -OCH3 is 2. The third kappa shape index (κ3) is 5.25. The molecule has 0 radical (unpaired) electrons. The van der Waals surface area contributed by atoms with Crippen molar-refractivity contribution in [1.82, 2.24) is 9.80 Å². The van der Waals surface area contributed by atoms with Crippen LogP contribution in [0.2, 0.25) is 0 Å². The molecule has 0 spiro atoms. The third-order valence-corrected chi connectivity index (χ3v) is 7.71. The summed E-state index contributed by atoms with van der Waals surface area (Å²) in [6, 6.07) is 8.64. The Morgan fingerprint density at radius 1 is 1.22 bits per heavy atom. The van der Waals surface area contributed by atoms with Gasteiger partial charge in [-0.05, 0) is 66.9 Å². The number of thiophene rings is 1. The molecular formula is C26H34N2O3S. The molecule has 2 aromatic rings. The van der Waals surface area contributed by atoms with Gasteiger partial charge in [-0.3, -0.25) is 4.79 Å². The molecular weight excluding hydrogens is 420 g/mol. The molecule has 172 valence electrons. The molecule has 0 saturated carbocycles. The van der Waals surface area contributed by atoms with Gasteiger partial charge in [-0.15, -0.1) is 11.3 Å². The second kappa shape index (κ2) is 10.6. The van der Waals surface area contributed by atoms with E-state index in [1.54, 1.807) is 14.2 Å². The molecule has 1 unspecified atom stereocenters. The number of hydrogen-bond donors (Lipinski definition) is 0. The molecule has 32 heavy (non-hydrogen) atoms. The third-order valence-electron chi connectivity index (χ3n) is 6.70. The Hall–Kier alpha value is -2.15. The molecule has 0 bridgehead atoms. The van der Waals surface area contributed by atoms with E-state index in [0.29, 0.717) is 6.42 Å². The minimum atomic E-state index is -0.0768. The van der Waals surface area contributed by atoms with Crippen molar-refractivity contribution in [3.8, 4) is 0 Å². The largest absolute Gasteiger partial charge is 0.498 e. The number of ether oxygens (including phenoxy) is 2. The Kier molecular flexibility index (Phi) is 7.66. The van der Waals surface area contributed by atoms with Gasteiger partial charge in [0, 0.05) is 44.3 Å². The fourth-order valence-corrected chi connectivity index (χ4v) is 5.74. The van der Waals surface area contributed by atoms with E-state index in [1.807, 2.05) is 16.2 Å². The van der Waals surface area contributed by atoms with Crippen molar-refractivity contribution in [2.75, 3.05) is 47.4 Å². The van der Waals surface area contributed by atoms with Crippen LogP contribution in [-0.2, 0) is 20.7 Å². The molecule has 1 amide bonds. The molecule has 0 saturated heterocycles. The molecule has 0 N–H and O–H groups in total. The SMILES string of the molecule is COC1=CC2=C(CC(=O)N(CCCN(C)CCc3csc4ccccc34)CC2)CC1OC. The van der Waals surface area contributed by atoms with E-state index in [0.717, 1.165) is 57.6 Å². The summed E-state index contributed by atoms with van der Waals surface area (Å²) in [5.41, 5.74) is 3.91. The molecule has 1 aromatic heterocycles. The highest BCUT2D eigenvalue weighted by Crippen LogP contribution is 2.33. The van der Waals surface area contributed by atoms with Gasteiger partial charge in [-0.2, -0.15) is 0 Å². The summed E-state index contributed by atoms with van der Waals surface area (Å²) in [5.74, 6) is 1.11. The van der Waals surface area contributed by atoms with Crippen molar-refractivity contribution < 1.29 is 14.3 Å². The van der Waals surface area contributed by atoms with Crippen LogP contribution >= 0.6 is 11.3 Å². The van der Waals surface area contributed by atoms with Gasteiger partial charge >= 0.3 is 0 Å². The quantitative estimate of drug-likeness (QED) is 0.554. The Balaban J connectivity index is 1.24. The van der Waals surface area contributed by atoms with Crippen LogP contribution in [0.15, 0.2) is 52.6 Å². The molecule has 2 heterocycles. The number of benzene rings is 1. The number of amides is 1. The topological polar surface area (TPSA) is 42.0 Å². The predicted molar refractivity (Wildman–Crippen MR) is 131 cm³/mol. The smallest absolute Gasteiger partial charge is 0.226 e. The van der Waals surface area contributed by atoms with E-state index in [2.05, 4.69) is 47.7 Å². The summed E-state index contributed by atoms with van der Waals surface area (Å²) in [5, 5.41) is 3.68. The summed E-state index contributed by atoms with van der Waals surface area (Å²) >= 11 is 1.83. The molecule has 1 aliphatic heterocycles. The van der Waals surface area contributed by atoms with E-state index in [4.69, 9.17) is 9.47 Å². The van der Waals surface area contributed by atoms with Gasteiger partial charge in [0.1, 0.15) is 11.9 Å². The number of nitrogens with zero attached hydrogens (tertiary/aromatic N) is 2. The number of rotatable bonds is 9. The molecule has 6 heteroatoms. The zero-order valence-corrected chi connectivity index (χ0v) is 20.2. The Bertz CT molecular complexity index is 1010. The summed E-state index contributed by atoms with van der Waals surface area (Å²) in [6.45, 7) is 3.64. The van der Waals surface area contributed by atoms with Gasteiger partial charge in [0.25, 0.3) is 0 Å². The Morgan fingerprint density at radius 2 is 2.06 bits per heavy atom. The van der Waals surface area contributed by atoms with Crippen LogP contribution < -0.4 is 0 Å². The molecule has 1 aliphatic carbocycles. The number of likely N-dealkylation sites (N-methyl/N-ethyl adjacent to an activating group) is 1. The van der Waals surface area contributed by atoms with Gasteiger partial charge in [-0.1, -0.05) is 23.8 Å². The second-order valence-electron chi connectivity index (χ2n) is 8.78. The minimum absolute atomic E-state index is 0.0768. The lowest BCUT2D eigenvalue weighted by molar-refractivity contribution is -0.130. The maximum Gasteiger partial charge on any atom is 0.226 e. The highest BCUT2D eigenvalue weighted by molar-refractivity contribution is 7.17.